The van der Waals surface area contributed by atoms with Crippen molar-refractivity contribution < 1.29 is 31.1 Å². The molecule has 0 amide bonds. The van der Waals surface area contributed by atoms with Crippen molar-refractivity contribution >= 4 is 38.4 Å². The molecule has 15 heteroatoms. The summed E-state index contributed by atoms with van der Waals surface area (Å²) in [6.07, 6.45) is -1.92. The van der Waals surface area contributed by atoms with Crippen molar-refractivity contribution in [1.82, 2.24) is 14.9 Å². The molecule has 4 rings (SSSR count). The normalized spacial score (nSPS) is 15.5. The lowest BCUT2D eigenvalue weighted by molar-refractivity contribution is -0.137. The van der Waals surface area contributed by atoms with Crippen molar-refractivity contribution in [3.8, 4) is 5.75 Å². The maximum absolute atomic E-state index is 14.1. The summed E-state index contributed by atoms with van der Waals surface area (Å²) in [7, 11) is -1.53. The molecular formula is C29H39F4N7O3S. The average molecular weight is 642 g/mol. The molecule has 0 unspecified atom stereocenters. The van der Waals surface area contributed by atoms with E-state index in [2.05, 4.69) is 44.2 Å². The highest BCUT2D eigenvalue weighted by Crippen LogP contribution is 2.37. The Morgan fingerprint density at radius 3 is 2.39 bits per heavy atom. The van der Waals surface area contributed by atoms with Gasteiger partial charge in [-0.3, -0.25) is 13.8 Å². The zero-order valence-electron chi connectivity index (χ0n) is 25.6. The number of ether oxygens (including phenoxy) is 1. The minimum absolute atomic E-state index is 0.0402. The van der Waals surface area contributed by atoms with Crippen LogP contribution in [0.15, 0.2) is 42.6 Å². The molecule has 0 spiro atoms. The number of rotatable bonds is 10. The molecule has 1 fully saturated rings. The lowest BCUT2D eigenvalue weighted by atomic mass is 10.1. The topological polar surface area (TPSA) is 106 Å². The van der Waals surface area contributed by atoms with Crippen LogP contribution < -0.4 is 24.6 Å². The number of hydrogen-bond donors (Lipinski definition) is 3. The van der Waals surface area contributed by atoms with Gasteiger partial charge in [0.1, 0.15) is 22.9 Å². The van der Waals surface area contributed by atoms with Gasteiger partial charge in [0.05, 0.1) is 18.5 Å². The zero-order valence-corrected chi connectivity index (χ0v) is 26.4. The largest absolute Gasteiger partial charge is 0.494 e. The molecule has 0 radical (unpaired) electrons. The van der Waals surface area contributed by atoms with E-state index in [1.54, 1.807) is 6.07 Å². The van der Waals surface area contributed by atoms with Crippen molar-refractivity contribution in [2.24, 2.45) is 0 Å². The Morgan fingerprint density at radius 1 is 1.11 bits per heavy atom. The van der Waals surface area contributed by atoms with Crippen LogP contribution in [0, 0.1) is 5.82 Å². The zero-order chi connectivity index (χ0) is 32.5. The molecule has 2 heterocycles. The van der Waals surface area contributed by atoms with Gasteiger partial charge in [0.15, 0.2) is 0 Å². The molecule has 1 saturated heterocycles. The molecule has 10 nitrogen and oxygen atoms in total. The number of alkyl halides is 3. The fourth-order valence-corrected chi connectivity index (χ4v) is 5.55. The molecule has 3 N–H and O–H groups in total. The molecule has 0 atom stereocenters. The molecule has 0 aliphatic carbocycles. The van der Waals surface area contributed by atoms with Crippen LogP contribution in [0.2, 0.25) is 0 Å². The minimum Gasteiger partial charge on any atom is -0.494 e. The molecule has 1 aliphatic heterocycles. The fourth-order valence-electron chi connectivity index (χ4n) is 4.82. The van der Waals surface area contributed by atoms with Crippen LogP contribution in [0.4, 0.5) is 46.4 Å². The van der Waals surface area contributed by atoms with Gasteiger partial charge in [-0.15, -0.1) is 9.53 Å². The third-order valence-corrected chi connectivity index (χ3v) is 9.31. The SMILES string of the molecule is COc1cc(N2CCN(C(C)C)CC2)ccc1Nc1ncc(C(F)(F)F)c(NCc2ccc(F)cc2N(C)S(C)(C)(=O)O)n1. The van der Waals surface area contributed by atoms with Gasteiger partial charge in [0.2, 0.25) is 5.95 Å². The van der Waals surface area contributed by atoms with Crippen LogP contribution in [0.25, 0.3) is 0 Å². The highest BCUT2D eigenvalue weighted by Gasteiger charge is 2.35. The molecule has 3 aromatic rings. The van der Waals surface area contributed by atoms with Crippen LogP contribution in [0.3, 0.4) is 0 Å². The molecule has 242 valence electrons. The van der Waals surface area contributed by atoms with Crippen molar-refractivity contribution in [1.29, 1.82) is 0 Å². The lowest BCUT2D eigenvalue weighted by Crippen LogP contribution is -2.48. The first-order chi connectivity index (χ1) is 20.4. The summed E-state index contributed by atoms with van der Waals surface area (Å²) >= 11 is 0. The van der Waals surface area contributed by atoms with Gasteiger partial charge in [0, 0.05) is 76.3 Å². The Morgan fingerprint density at radius 2 is 1.80 bits per heavy atom. The summed E-state index contributed by atoms with van der Waals surface area (Å²) < 4.78 is 85.6. The van der Waals surface area contributed by atoms with E-state index in [1.807, 2.05) is 12.1 Å². The van der Waals surface area contributed by atoms with Crippen molar-refractivity contribution in [3.05, 3.63) is 59.5 Å². The summed E-state index contributed by atoms with van der Waals surface area (Å²) in [5.74, 6) is -0.850. The highest BCUT2D eigenvalue weighted by molar-refractivity contribution is 8.15. The molecule has 0 bridgehead atoms. The summed E-state index contributed by atoms with van der Waals surface area (Å²) in [6, 6.07) is 9.49. The van der Waals surface area contributed by atoms with E-state index in [9.17, 15) is 26.3 Å². The maximum atomic E-state index is 14.1. The monoisotopic (exact) mass is 641 g/mol. The summed E-state index contributed by atoms with van der Waals surface area (Å²) in [4.78, 5) is 12.6. The summed E-state index contributed by atoms with van der Waals surface area (Å²) in [6.45, 7) is 7.65. The number of aromatic nitrogens is 2. The van der Waals surface area contributed by atoms with E-state index in [0.29, 0.717) is 23.7 Å². The Kier molecular flexibility index (Phi) is 9.33. The van der Waals surface area contributed by atoms with Gasteiger partial charge in [-0.25, -0.2) is 9.37 Å². The van der Waals surface area contributed by atoms with Gasteiger partial charge in [-0.05, 0) is 43.7 Å². The second-order valence-electron chi connectivity index (χ2n) is 11.4. The van der Waals surface area contributed by atoms with Crippen LogP contribution in [-0.4, -0.2) is 82.5 Å². The number of piperazine rings is 1. The number of methoxy groups -OCH3 is 1. The Hall–Kier alpha value is -3.69. The number of hydrogen-bond acceptors (Lipinski definition) is 8. The summed E-state index contributed by atoms with van der Waals surface area (Å²) in [5, 5.41) is 5.60. The minimum atomic E-state index is -4.78. The highest BCUT2D eigenvalue weighted by atomic mass is 32.3. The molecular weight excluding hydrogens is 602 g/mol. The summed E-state index contributed by atoms with van der Waals surface area (Å²) in [5.41, 5.74) is 0.620. The van der Waals surface area contributed by atoms with Crippen LogP contribution >= 0.6 is 0 Å². The maximum Gasteiger partial charge on any atom is 0.421 e. The smallest absolute Gasteiger partial charge is 0.421 e. The molecule has 2 aromatic carbocycles. The average Bonchev–Trinajstić information content (AvgIpc) is 2.95. The second kappa shape index (κ2) is 12.4. The van der Waals surface area contributed by atoms with Gasteiger partial charge in [-0.2, -0.15) is 22.4 Å². The standard InChI is InChI=1S/C29H39F4N7O3S/c1-19(2)39-11-13-40(14-12-39)22-9-10-24(26(16-22)43-4)36-28-35-18-23(29(31,32)33)27(37-28)34-17-20-7-8-21(30)15-25(20)38(3)44(5,6,41)42/h7-10,15-16,18-19H,11-14,17H2,1-6H3,(H,41,42)(H2,34,35,36,37). The van der Waals surface area contributed by atoms with Crippen molar-refractivity contribution in [2.75, 3.05) is 72.7 Å². The molecule has 44 heavy (non-hydrogen) atoms. The number of halogens is 4. The van der Waals surface area contributed by atoms with E-state index in [-0.39, 0.29) is 23.7 Å². The second-order valence-corrected chi connectivity index (χ2v) is 15.4. The van der Waals surface area contributed by atoms with Gasteiger partial charge in [0.25, 0.3) is 0 Å². The van der Waals surface area contributed by atoms with Crippen LogP contribution in [-0.2, 0) is 22.3 Å². The quantitative estimate of drug-likeness (QED) is 0.250. The molecule has 1 aromatic heterocycles. The first-order valence-electron chi connectivity index (χ1n) is 13.9. The lowest BCUT2D eigenvalue weighted by Gasteiger charge is -2.45. The Bertz CT molecular complexity index is 1550. The third-order valence-electron chi connectivity index (χ3n) is 7.55. The van der Waals surface area contributed by atoms with E-state index < -0.39 is 32.9 Å². The van der Waals surface area contributed by atoms with Crippen LogP contribution in [0.1, 0.15) is 25.0 Å². The van der Waals surface area contributed by atoms with Crippen molar-refractivity contribution in [2.45, 2.75) is 32.6 Å². The fraction of sp³-hybridized carbons (Fsp3) is 0.448. The van der Waals surface area contributed by atoms with E-state index in [0.717, 1.165) is 60.8 Å². The first kappa shape index (κ1) is 33.2. The third kappa shape index (κ3) is 7.87. The predicted molar refractivity (Wildman–Crippen MR) is 167 cm³/mol. The predicted octanol–water partition coefficient (Wildman–Crippen LogP) is 5.43. The van der Waals surface area contributed by atoms with Crippen molar-refractivity contribution in [3.63, 3.8) is 0 Å². The van der Waals surface area contributed by atoms with Crippen LogP contribution in [0.5, 0.6) is 5.75 Å². The number of benzene rings is 2. The number of nitrogens with zero attached hydrogens (tertiary/aromatic N) is 5. The Labute approximate surface area is 254 Å². The van der Waals surface area contributed by atoms with Gasteiger partial charge in [-0.1, -0.05) is 6.07 Å². The van der Waals surface area contributed by atoms with E-state index in [4.69, 9.17) is 4.74 Å². The molecule has 1 aliphatic rings. The Balaban J connectivity index is 1.59. The number of anilines is 5. The van der Waals surface area contributed by atoms with E-state index in [1.165, 1.54) is 20.2 Å². The van der Waals surface area contributed by atoms with E-state index >= 15 is 0 Å². The van der Waals surface area contributed by atoms with Gasteiger partial charge >= 0.3 is 6.18 Å². The molecule has 0 saturated carbocycles. The van der Waals surface area contributed by atoms with Gasteiger partial charge < -0.3 is 20.3 Å². The number of nitrogens with one attached hydrogen (secondary N) is 2. The first-order valence-corrected chi connectivity index (χ1v) is 16.6.